The van der Waals surface area contributed by atoms with Crippen molar-refractivity contribution in [2.24, 2.45) is 0 Å². The summed E-state index contributed by atoms with van der Waals surface area (Å²) in [6.45, 7) is 3.69. The Morgan fingerprint density at radius 2 is 1.54 bits per heavy atom. The van der Waals surface area contributed by atoms with Gasteiger partial charge >= 0.3 is 5.97 Å². The van der Waals surface area contributed by atoms with Crippen LogP contribution < -0.4 is 0 Å². The van der Waals surface area contributed by atoms with Crippen molar-refractivity contribution in [3.63, 3.8) is 0 Å². The van der Waals surface area contributed by atoms with E-state index in [4.69, 9.17) is 32.5 Å². The van der Waals surface area contributed by atoms with Crippen LogP contribution >= 0.6 is 32.3 Å². The largest absolute Gasteiger partial charge is 0.462 e. The highest BCUT2D eigenvalue weighted by Gasteiger charge is 2.33. The van der Waals surface area contributed by atoms with Crippen LogP contribution in [0.1, 0.15) is 42.1 Å². The predicted molar refractivity (Wildman–Crippen MR) is 108 cm³/mol. The molecule has 3 atom stereocenters. The van der Waals surface area contributed by atoms with Crippen LogP contribution in [0.15, 0.2) is 48.5 Å². The summed E-state index contributed by atoms with van der Waals surface area (Å²) >= 11 is 12.3. The van der Waals surface area contributed by atoms with Crippen LogP contribution in [0.2, 0.25) is 10.0 Å². The summed E-state index contributed by atoms with van der Waals surface area (Å²) in [4.78, 5) is 25.6. The van der Waals surface area contributed by atoms with Crippen LogP contribution in [-0.2, 0) is 14.1 Å². The molecule has 2 aromatic carbocycles. The molecule has 3 unspecified atom stereocenters. The quantitative estimate of drug-likeness (QED) is 0.280. The van der Waals surface area contributed by atoms with Gasteiger partial charge in [-0.3, -0.25) is 9.59 Å². The molecule has 2 rings (SSSR count). The lowest BCUT2D eigenvalue weighted by Gasteiger charge is -2.19. The second kappa shape index (κ2) is 11.2. The van der Waals surface area contributed by atoms with Gasteiger partial charge in [0.25, 0.3) is 0 Å². The first kappa shape index (κ1) is 22.4. The first-order valence-corrected chi connectivity index (χ1v) is 9.31. The van der Waals surface area contributed by atoms with E-state index >= 15 is 0 Å². The average molecular weight is 415 g/mol. The van der Waals surface area contributed by atoms with Gasteiger partial charge in [0.15, 0.2) is 5.78 Å². The van der Waals surface area contributed by atoms with Crippen molar-refractivity contribution in [3.8, 4) is 0 Å². The van der Waals surface area contributed by atoms with Gasteiger partial charge in [-0.2, -0.15) is 0 Å². The number of ether oxygens (including phenoxy) is 1. The van der Waals surface area contributed by atoms with Gasteiger partial charge in [0.05, 0.1) is 30.8 Å². The lowest BCUT2D eigenvalue weighted by molar-refractivity contribution is -0.148. The SMILES string of the molecule is CCC(C)OC(=O)C(C(=O)c1c(Cl)cccc1Cl)c1ccccc1.O=[PH3]. The van der Waals surface area contributed by atoms with E-state index in [2.05, 4.69) is 0 Å². The van der Waals surface area contributed by atoms with Crippen molar-refractivity contribution < 1.29 is 18.9 Å². The van der Waals surface area contributed by atoms with E-state index in [1.54, 1.807) is 49.4 Å². The Labute approximate surface area is 165 Å². The number of carbonyl (C=O) groups excluding carboxylic acids is 2. The number of Topliss-reactive ketones (excluding diaryl/α,β-unsaturated/α-hetero) is 1. The number of hydrogen-bond donors (Lipinski definition) is 0. The van der Waals surface area contributed by atoms with Gasteiger partial charge in [-0.15, -0.1) is 0 Å². The molecular formula is C19H21Cl2O4P. The fourth-order valence-electron chi connectivity index (χ4n) is 2.27. The van der Waals surface area contributed by atoms with Crippen LogP contribution in [0, 0.1) is 0 Å². The Kier molecular flexibility index (Phi) is 9.64. The van der Waals surface area contributed by atoms with Crippen molar-refractivity contribution in [3.05, 3.63) is 69.7 Å². The maximum Gasteiger partial charge on any atom is 0.321 e. The molecule has 0 aromatic heterocycles. The van der Waals surface area contributed by atoms with Crippen molar-refractivity contribution in [2.75, 3.05) is 0 Å². The molecule has 0 aliphatic rings. The summed E-state index contributed by atoms with van der Waals surface area (Å²) in [6.07, 6.45) is 0.382. The molecule has 0 spiro atoms. The third-order valence-corrected chi connectivity index (χ3v) is 4.36. The Morgan fingerprint density at radius 1 is 1.00 bits per heavy atom. The standard InChI is InChI=1S/C19H18Cl2O3.H3OP/c1-3-12(2)24-19(23)16(13-8-5-4-6-9-13)18(22)17-14(20)10-7-11-15(17)21;1-2/h4-12,16H,3H2,1-2H3;2H3. The minimum atomic E-state index is -1.10. The zero-order chi connectivity index (χ0) is 19.7. The van der Waals surface area contributed by atoms with Crippen molar-refractivity contribution in [2.45, 2.75) is 32.3 Å². The van der Waals surface area contributed by atoms with Crippen LogP contribution in [0.4, 0.5) is 0 Å². The number of rotatable bonds is 6. The van der Waals surface area contributed by atoms with Gasteiger partial charge in [-0.1, -0.05) is 66.5 Å². The maximum absolute atomic E-state index is 13.0. The minimum Gasteiger partial charge on any atom is -0.462 e. The van der Waals surface area contributed by atoms with E-state index < -0.39 is 17.7 Å². The molecule has 0 bridgehead atoms. The Morgan fingerprint density at radius 3 is 2.04 bits per heavy atom. The highest BCUT2D eigenvalue weighted by molar-refractivity contribution is 7.00. The lowest BCUT2D eigenvalue weighted by atomic mass is 9.90. The summed E-state index contributed by atoms with van der Waals surface area (Å²) < 4.78 is 13.7. The molecule has 26 heavy (non-hydrogen) atoms. The Balaban J connectivity index is 0.00000163. The molecule has 0 aliphatic heterocycles. The Bertz CT molecular complexity index is 732. The zero-order valence-corrected chi connectivity index (χ0v) is 17.5. The number of carbonyl (C=O) groups is 2. The number of halogens is 2. The second-order valence-electron chi connectivity index (χ2n) is 5.46. The van der Waals surface area contributed by atoms with E-state index in [0.29, 0.717) is 21.1 Å². The van der Waals surface area contributed by atoms with Crippen molar-refractivity contribution in [1.82, 2.24) is 0 Å². The molecule has 0 N–H and O–H groups in total. The second-order valence-corrected chi connectivity index (χ2v) is 6.27. The first-order chi connectivity index (χ1) is 12.5. The van der Waals surface area contributed by atoms with E-state index in [1.165, 1.54) is 0 Å². The van der Waals surface area contributed by atoms with E-state index in [-0.39, 0.29) is 21.7 Å². The predicted octanol–water partition coefficient (Wildman–Crippen LogP) is 5.24. The maximum atomic E-state index is 13.0. The van der Waals surface area contributed by atoms with Crippen LogP contribution in [0.5, 0.6) is 0 Å². The third kappa shape index (κ3) is 5.70. The molecule has 0 fully saturated rings. The number of hydrogen-bond acceptors (Lipinski definition) is 4. The topological polar surface area (TPSA) is 60.4 Å². The van der Waals surface area contributed by atoms with E-state index in [9.17, 15) is 9.59 Å². The van der Waals surface area contributed by atoms with Crippen LogP contribution in [-0.4, -0.2) is 17.9 Å². The molecule has 140 valence electrons. The summed E-state index contributed by atoms with van der Waals surface area (Å²) in [5.41, 5.74) is 0.683. The van der Waals surface area contributed by atoms with Gasteiger partial charge in [0, 0.05) is 0 Å². The summed E-state index contributed by atoms with van der Waals surface area (Å²) in [5.74, 6) is -2.17. The fraction of sp³-hybridized carbons (Fsp3) is 0.263. The number of benzene rings is 2. The molecule has 0 saturated heterocycles. The normalized spacial score (nSPS) is 12.5. The molecule has 0 saturated carbocycles. The smallest absolute Gasteiger partial charge is 0.321 e. The molecule has 7 heteroatoms. The van der Waals surface area contributed by atoms with Gasteiger partial charge in [0.1, 0.15) is 5.92 Å². The highest BCUT2D eigenvalue weighted by Crippen LogP contribution is 2.31. The molecule has 0 aliphatic carbocycles. The average Bonchev–Trinajstić information content (AvgIpc) is 2.64. The van der Waals surface area contributed by atoms with Crippen molar-refractivity contribution in [1.29, 1.82) is 0 Å². The zero-order valence-electron chi connectivity index (χ0n) is 14.6. The minimum absolute atomic E-state index is 0.135. The molecule has 0 amide bonds. The molecule has 0 radical (unpaired) electrons. The summed E-state index contributed by atoms with van der Waals surface area (Å²) in [5, 5.41) is 0.426. The summed E-state index contributed by atoms with van der Waals surface area (Å²) in [7, 11) is 0.611. The molecule has 0 heterocycles. The van der Waals surface area contributed by atoms with E-state index in [0.717, 1.165) is 0 Å². The Hall–Kier alpha value is -1.61. The van der Waals surface area contributed by atoms with Crippen LogP contribution in [0.3, 0.4) is 0 Å². The van der Waals surface area contributed by atoms with E-state index in [1.807, 2.05) is 13.0 Å². The number of ketones is 1. The molecule has 4 nitrogen and oxygen atoms in total. The fourth-order valence-corrected chi connectivity index (χ4v) is 2.85. The van der Waals surface area contributed by atoms with Crippen molar-refractivity contribution >= 4 is 44.1 Å². The number of esters is 1. The highest BCUT2D eigenvalue weighted by atomic mass is 35.5. The van der Waals surface area contributed by atoms with Gasteiger partial charge in [-0.05, 0) is 31.0 Å². The van der Waals surface area contributed by atoms with Gasteiger partial charge < -0.3 is 9.30 Å². The molecular weight excluding hydrogens is 394 g/mol. The van der Waals surface area contributed by atoms with Crippen LogP contribution in [0.25, 0.3) is 0 Å². The molecule has 2 aromatic rings. The van der Waals surface area contributed by atoms with Gasteiger partial charge in [-0.25, -0.2) is 0 Å². The third-order valence-electron chi connectivity index (χ3n) is 3.73. The van der Waals surface area contributed by atoms with Gasteiger partial charge in [0.2, 0.25) is 0 Å². The summed E-state index contributed by atoms with van der Waals surface area (Å²) in [6, 6.07) is 13.6. The first-order valence-electron chi connectivity index (χ1n) is 7.98. The lowest BCUT2D eigenvalue weighted by Crippen LogP contribution is -2.27. The monoisotopic (exact) mass is 414 g/mol.